The Bertz CT molecular complexity index is 377. The number of pyridine rings is 2. The molecular weight excluding hydrogens is 304 g/mol. The van der Waals surface area contributed by atoms with E-state index in [1.807, 2.05) is 64.1 Å². The molecule has 17 heavy (non-hydrogen) atoms. The molecule has 2 heterocycles. The maximum Gasteiger partial charge on any atom is 1.00 e. The molecule has 0 spiro atoms. The summed E-state index contributed by atoms with van der Waals surface area (Å²) in [4.78, 5) is 8.35. The van der Waals surface area contributed by atoms with E-state index in [4.69, 9.17) is 0 Å². The van der Waals surface area contributed by atoms with Crippen LogP contribution in [0.3, 0.4) is 0 Å². The van der Waals surface area contributed by atoms with Gasteiger partial charge >= 0.3 is 22.4 Å². The summed E-state index contributed by atoms with van der Waals surface area (Å²) in [6, 6.07) is 12.0. The largest absolute Gasteiger partial charge is 1.00 e. The summed E-state index contributed by atoms with van der Waals surface area (Å²) < 4.78 is 0. The fourth-order valence-electron chi connectivity index (χ4n) is 1.36. The van der Waals surface area contributed by atoms with Gasteiger partial charge in [-0.25, -0.2) is 0 Å². The van der Waals surface area contributed by atoms with Crippen LogP contribution in [0.4, 0.5) is 0 Å². The Kier molecular flexibility index (Phi) is 7.72. The molecule has 0 bridgehead atoms. The molecule has 2 aromatic heterocycles. The Labute approximate surface area is 119 Å². The maximum absolute atomic E-state index is 4.17. The van der Waals surface area contributed by atoms with Gasteiger partial charge in [-0.15, -0.1) is 0 Å². The number of rotatable bonds is 0. The second kappa shape index (κ2) is 8.18. The van der Waals surface area contributed by atoms with Gasteiger partial charge in [-0.2, -0.15) is 0 Å². The Morgan fingerprint density at radius 2 is 0.824 bits per heavy atom. The van der Waals surface area contributed by atoms with Crippen LogP contribution in [0.1, 0.15) is 22.8 Å². The zero-order chi connectivity index (χ0) is 12.0. The van der Waals surface area contributed by atoms with E-state index < -0.39 is 0 Å². The van der Waals surface area contributed by atoms with Gasteiger partial charge in [0.2, 0.25) is 0 Å². The Hall–Kier alpha value is -0.960. The van der Waals surface area contributed by atoms with Crippen molar-refractivity contribution in [3.8, 4) is 0 Å². The van der Waals surface area contributed by atoms with Crippen LogP contribution < -0.4 is 0 Å². The summed E-state index contributed by atoms with van der Waals surface area (Å²) in [6.07, 6.45) is 0. The first-order valence-electron chi connectivity index (χ1n) is 5.38. The van der Waals surface area contributed by atoms with Gasteiger partial charge < -0.3 is 0 Å². The van der Waals surface area contributed by atoms with Gasteiger partial charge in [-0.1, -0.05) is 12.1 Å². The predicted octanol–water partition coefficient (Wildman–Crippen LogP) is 3.39. The van der Waals surface area contributed by atoms with Crippen LogP contribution in [-0.4, -0.2) is 9.97 Å². The van der Waals surface area contributed by atoms with Crippen LogP contribution in [-0.2, 0) is 22.4 Å². The summed E-state index contributed by atoms with van der Waals surface area (Å²) in [5, 5.41) is 0. The van der Waals surface area contributed by atoms with Crippen molar-refractivity contribution in [2.75, 3.05) is 0 Å². The molecule has 0 saturated heterocycles. The number of hydrogen-bond donors (Lipinski definition) is 0. The molecule has 0 N–H and O–H groups in total. The first-order valence-corrected chi connectivity index (χ1v) is 5.38. The molecule has 0 radical (unpaired) electrons. The van der Waals surface area contributed by atoms with Gasteiger partial charge in [-0.05, 0) is 52.0 Å². The SMILES string of the molecule is Cc1cccc(C)n1.Cc1cccc(C)n1.[Ag+]. The molecule has 2 aromatic rings. The van der Waals surface area contributed by atoms with E-state index in [0.29, 0.717) is 0 Å². The summed E-state index contributed by atoms with van der Waals surface area (Å²) in [6.45, 7) is 7.97. The Morgan fingerprint density at radius 1 is 0.588 bits per heavy atom. The first-order chi connectivity index (χ1) is 7.58. The fourth-order valence-corrected chi connectivity index (χ4v) is 1.36. The normalized spacial score (nSPS) is 8.71. The van der Waals surface area contributed by atoms with Crippen molar-refractivity contribution in [1.82, 2.24) is 9.97 Å². The van der Waals surface area contributed by atoms with Gasteiger partial charge in [0.15, 0.2) is 0 Å². The quantitative estimate of drug-likeness (QED) is 0.695. The second-order valence-electron chi connectivity index (χ2n) is 3.84. The van der Waals surface area contributed by atoms with Crippen LogP contribution in [0, 0.1) is 27.7 Å². The molecule has 94 valence electrons. The molecule has 0 aliphatic rings. The van der Waals surface area contributed by atoms with E-state index in [2.05, 4.69) is 9.97 Å². The van der Waals surface area contributed by atoms with E-state index in [1.54, 1.807) is 0 Å². The van der Waals surface area contributed by atoms with Crippen molar-refractivity contribution >= 4 is 0 Å². The monoisotopic (exact) mass is 321 g/mol. The third-order valence-corrected chi connectivity index (χ3v) is 2.06. The van der Waals surface area contributed by atoms with Gasteiger partial charge in [-0.3, -0.25) is 9.97 Å². The van der Waals surface area contributed by atoms with Crippen LogP contribution in [0.5, 0.6) is 0 Å². The van der Waals surface area contributed by atoms with Crippen molar-refractivity contribution in [2.24, 2.45) is 0 Å². The summed E-state index contributed by atoms with van der Waals surface area (Å²) in [5.41, 5.74) is 4.35. The summed E-state index contributed by atoms with van der Waals surface area (Å²) in [7, 11) is 0. The van der Waals surface area contributed by atoms with E-state index in [1.165, 1.54) is 0 Å². The molecule has 0 amide bonds. The van der Waals surface area contributed by atoms with Crippen molar-refractivity contribution in [3.63, 3.8) is 0 Å². The first kappa shape index (κ1) is 16.0. The van der Waals surface area contributed by atoms with E-state index >= 15 is 0 Å². The zero-order valence-electron chi connectivity index (χ0n) is 10.7. The van der Waals surface area contributed by atoms with Crippen LogP contribution in [0.2, 0.25) is 0 Å². The number of aryl methyl sites for hydroxylation is 4. The topological polar surface area (TPSA) is 25.8 Å². The van der Waals surface area contributed by atoms with Crippen LogP contribution in [0.25, 0.3) is 0 Å². The minimum Gasteiger partial charge on any atom is -0.258 e. The summed E-state index contributed by atoms with van der Waals surface area (Å²) >= 11 is 0. The smallest absolute Gasteiger partial charge is 0.258 e. The molecule has 0 unspecified atom stereocenters. The molecule has 3 heteroatoms. The number of hydrogen-bond acceptors (Lipinski definition) is 2. The average molecular weight is 322 g/mol. The third kappa shape index (κ3) is 7.05. The molecule has 0 aromatic carbocycles. The fraction of sp³-hybridized carbons (Fsp3) is 0.286. The molecule has 0 aliphatic heterocycles. The van der Waals surface area contributed by atoms with Gasteiger partial charge in [0.25, 0.3) is 0 Å². The van der Waals surface area contributed by atoms with Gasteiger partial charge in [0, 0.05) is 22.8 Å². The van der Waals surface area contributed by atoms with Gasteiger partial charge in [0.05, 0.1) is 0 Å². The molecule has 0 atom stereocenters. The molecule has 0 fully saturated rings. The molecule has 2 rings (SSSR count). The average Bonchev–Trinajstić information content (AvgIpc) is 2.17. The zero-order valence-corrected chi connectivity index (χ0v) is 12.1. The standard InChI is InChI=1S/2C7H9N.Ag/c2*1-6-4-3-5-7(2)8-6;/h2*3-5H,1-2H3;/q;;+1. The van der Waals surface area contributed by atoms with E-state index in [-0.39, 0.29) is 22.4 Å². The third-order valence-electron chi connectivity index (χ3n) is 2.06. The van der Waals surface area contributed by atoms with Crippen molar-refractivity contribution in [3.05, 3.63) is 59.2 Å². The van der Waals surface area contributed by atoms with Crippen molar-refractivity contribution in [1.29, 1.82) is 0 Å². The Balaban J connectivity index is 0.000000284. The molecule has 0 saturated carbocycles. The van der Waals surface area contributed by atoms with Crippen molar-refractivity contribution < 1.29 is 22.4 Å². The number of nitrogens with zero attached hydrogens (tertiary/aromatic N) is 2. The van der Waals surface area contributed by atoms with Gasteiger partial charge in [0.1, 0.15) is 0 Å². The number of aromatic nitrogens is 2. The van der Waals surface area contributed by atoms with Crippen molar-refractivity contribution in [2.45, 2.75) is 27.7 Å². The minimum absolute atomic E-state index is 0. The Morgan fingerprint density at radius 3 is 0.941 bits per heavy atom. The van der Waals surface area contributed by atoms with E-state index in [9.17, 15) is 0 Å². The summed E-state index contributed by atoms with van der Waals surface area (Å²) in [5.74, 6) is 0. The van der Waals surface area contributed by atoms with Crippen LogP contribution in [0.15, 0.2) is 36.4 Å². The predicted molar refractivity (Wildman–Crippen MR) is 67.4 cm³/mol. The molecule has 0 aliphatic carbocycles. The van der Waals surface area contributed by atoms with E-state index in [0.717, 1.165) is 22.8 Å². The molecular formula is C14H18AgN2+. The maximum atomic E-state index is 4.17. The minimum atomic E-state index is 0. The second-order valence-corrected chi connectivity index (χ2v) is 3.84. The van der Waals surface area contributed by atoms with Crippen LogP contribution >= 0.6 is 0 Å². The molecule has 2 nitrogen and oxygen atoms in total.